The lowest BCUT2D eigenvalue weighted by molar-refractivity contribution is 0.0963. The van der Waals surface area contributed by atoms with Gasteiger partial charge in [0.05, 0.1) is 12.2 Å². The maximum Gasteiger partial charge on any atom is 0.264 e. The molecule has 1 aromatic rings. The molecular weight excluding hydrogens is 184 g/mol. The minimum atomic E-state index is -0.157. The van der Waals surface area contributed by atoms with Gasteiger partial charge in [0.1, 0.15) is 4.88 Å². The van der Waals surface area contributed by atoms with E-state index in [2.05, 4.69) is 17.2 Å². The normalized spacial score (nSPS) is 8.69. The molecule has 0 aliphatic rings. The highest BCUT2D eigenvalue weighted by atomic mass is 32.1. The van der Waals surface area contributed by atoms with Crippen molar-refractivity contribution in [2.75, 3.05) is 12.3 Å². The first-order valence-corrected chi connectivity index (χ1v) is 4.64. The fourth-order valence-corrected chi connectivity index (χ4v) is 1.53. The second-order valence-corrected chi connectivity index (χ2v) is 3.23. The number of amides is 1. The Labute approximate surface area is 80.9 Å². The Balaban J connectivity index is 2.57. The molecule has 3 N–H and O–H groups in total. The maximum absolute atomic E-state index is 11.4. The number of carbonyl (C=O) groups excluding carboxylic acids is 1. The molecule has 13 heavy (non-hydrogen) atoms. The Morgan fingerprint density at radius 2 is 2.54 bits per heavy atom. The van der Waals surface area contributed by atoms with Gasteiger partial charge >= 0.3 is 0 Å². The Hall–Kier alpha value is -1.47. The van der Waals surface area contributed by atoms with Crippen LogP contribution in [0.15, 0.2) is 11.4 Å². The van der Waals surface area contributed by atoms with Crippen LogP contribution in [-0.2, 0) is 0 Å². The van der Waals surface area contributed by atoms with E-state index in [1.54, 1.807) is 18.4 Å². The summed E-state index contributed by atoms with van der Waals surface area (Å²) in [5.74, 6) is 5.28. The summed E-state index contributed by atoms with van der Waals surface area (Å²) >= 11 is 1.33. The molecule has 0 aromatic carbocycles. The van der Waals surface area contributed by atoms with Crippen molar-refractivity contribution in [3.8, 4) is 11.8 Å². The van der Waals surface area contributed by atoms with Crippen LogP contribution in [0.4, 0.5) is 5.69 Å². The Bertz CT molecular complexity index is 359. The van der Waals surface area contributed by atoms with Crippen molar-refractivity contribution in [2.45, 2.75) is 6.92 Å². The Morgan fingerprint density at radius 1 is 1.77 bits per heavy atom. The second kappa shape index (κ2) is 4.53. The minimum absolute atomic E-state index is 0.157. The SMILES string of the molecule is CC#CCNC(=O)c1sccc1N. The van der Waals surface area contributed by atoms with Crippen molar-refractivity contribution >= 4 is 22.9 Å². The van der Waals surface area contributed by atoms with E-state index in [1.165, 1.54) is 11.3 Å². The van der Waals surface area contributed by atoms with Gasteiger partial charge in [-0.25, -0.2) is 0 Å². The molecule has 3 nitrogen and oxygen atoms in total. The first-order chi connectivity index (χ1) is 6.25. The van der Waals surface area contributed by atoms with Gasteiger partial charge in [0.2, 0.25) is 0 Å². The van der Waals surface area contributed by atoms with Crippen molar-refractivity contribution in [2.24, 2.45) is 0 Å². The van der Waals surface area contributed by atoms with Gasteiger partial charge in [-0.3, -0.25) is 4.79 Å². The molecule has 0 unspecified atom stereocenters. The number of carbonyl (C=O) groups is 1. The van der Waals surface area contributed by atoms with Crippen LogP contribution < -0.4 is 11.1 Å². The van der Waals surface area contributed by atoms with Gasteiger partial charge in [-0.2, -0.15) is 0 Å². The topological polar surface area (TPSA) is 55.1 Å². The summed E-state index contributed by atoms with van der Waals surface area (Å²) in [6.07, 6.45) is 0. The Kier molecular flexibility index (Phi) is 3.35. The number of anilines is 1. The molecule has 0 atom stereocenters. The average Bonchev–Trinajstić information content (AvgIpc) is 2.52. The van der Waals surface area contributed by atoms with Crippen molar-refractivity contribution in [3.63, 3.8) is 0 Å². The van der Waals surface area contributed by atoms with Crippen molar-refractivity contribution in [1.82, 2.24) is 5.32 Å². The number of thiophene rings is 1. The van der Waals surface area contributed by atoms with E-state index < -0.39 is 0 Å². The molecule has 0 aliphatic heterocycles. The van der Waals surface area contributed by atoms with Gasteiger partial charge in [0.25, 0.3) is 5.91 Å². The summed E-state index contributed by atoms with van der Waals surface area (Å²) in [4.78, 5) is 11.9. The number of hydrogen-bond acceptors (Lipinski definition) is 3. The highest BCUT2D eigenvalue weighted by Crippen LogP contribution is 2.17. The van der Waals surface area contributed by atoms with E-state index >= 15 is 0 Å². The molecule has 0 saturated heterocycles. The molecule has 1 amide bonds. The summed E-state index contributed by atoms with van der Waals surface area (Å²) < 4.78 is 0. The van der Waals surface area contributed by atoms with Crippen LogP contribution in [0.5, 0.6) is 0 Å². The molecule has 0 saturated carbocycles. The average molecular weight is 194 g/mol. The van der Waals surface area contributed by atoms with E-state index in [0.717, 1.165) is 0 Å². The van der Waals surface area contributed by atoms with Crippen LogP contribution in [0.1, 0.15) is 16.6 Å². The molecule has 0 radical (unpaired) electrons. The van der Waals surface area contributed by atoms with Gasteiger partial charge in [-0.1, -0.05) is 5.92 Å². The van der Waals surface area contributed by atoms with E-state index in [4.69, 9.17) is 5.73 Å². The number of hydrogen-bond donors (Lipinski definition) is 2. The lowest BCUT2D eigenvalue weighted by atomic mass is 10.4. The zero-order valence-corrected chi connectivity index (χ0v) is 8.07. The van der Waals surface area contributed by atoms with E-state index in [0.29, 0.717) is 17.1 Å². The smallest absolute Gasteiger partial charge is 0.264 e. The van der Waals surface area contributed by atoms with Crippen LogP contribution >= 0.6 is 11.3 Å². The lowest BCUT2D eigenvalue weighted by Crippen LogP contribution is -2.23. The standard InChI is InChI=1S/C9H10N2OS/c1-2-3-5-11-9(12)8-7(10)4-6-13-8/h4,6H,5,10H2,1H3,(H,11,12). The molecular formula is C9H10N2OS. The largest absolute Gasteiger partial charge is 0.397 e. The van der Waals surface area contributed by atoms with Crippen molar-refractivity contribution in [3.05, 3.63) is 16.3 Å². The van der Waals surface area contributed by atoms with Crippen LogP contribution in [0, 0.1) is 11.8 Å². The quantitative estimate of drug-likeness (QED) is 0.692. The molecule has 0 bridgehead atoms. The molecule has 0 fully saturated rings. The van der Waals surface area contributed by atoms with Crippen LogP contribution in [0.2, 0.25) is 0 Å². The first-order valence-electron chi connectivity index (χ1n) is 3.76. The fourth-order valence-electron chi connectivity index (χ4n) is 0.797. The summed E-state index contributed by atoms with van der Waals surface area (Å²) in [6.45, 7) is 2.10. The second-order valence-electron chi connectivity index (χ2n) is 2.31. The zero-order valence-electron chi connectivity index (χ0n) is 7.26. The van der Waals surface area contributed by atoms with Crippen molar-refractivity contribution < 1.29 is 4.79 Å². The zero-order chi connectivity index (χ0) is 9.68. The van der Waals surface area contributed by atoms with Gasteiger partial charge in [-0.15, -0.1) is 17.3 Å². The molecule has 1 rings (SSSR count). The number of nitrogens with one attached hydrogen (secondary N) is 1. The van der Waals surface area contributed by atoms with E-state index in [1.807, 2.05) is 0 Å². The molecule has 1 heterocycles. The highest BCUT2D eigenvalue weighted by molar-refractivity contribution is 7.12. The van der Waals surface area contributed by atoms with Crippen LogP contribution in [0.3, 0.4) is 0 Å². The first kappa shape index (κ1) is 9.62. The van der Waals surface area contributed by atoms with Gasteiger partial charge < -0.3 is 11.1 Å². The van der Waals surface area contributed by atoms with E-state index in [9.17, 15) is 4.79 Å². The third-order valence-corrected chi connectivity index (χ3v) is 2.34. The molecule has 68 valence electrons. The summed E-state index contributed by atoms with van der Waals surface area (Å²) in [7, 11) is 0. The molecule has 0 aliphatic carbocycles. The monoisotopic (exact) mass is 194 g/mol. The van der Waals surface area contributed by atoms with Crippen LogP contribution in [-0.4, -0.2) is 12.5 Å². The highest BCUT2D eigenvalue weighted by Gasteiger charge is 2.08. The Morgan fingerprint density at radius 3 is 3.08 bits per heavy atom. The number of nitrogen functional groups attached to an aromatic ring is 1. The maximum atomic E-state index is 11.4. The third kappa shape index (κ3) is 2.49. The lowest BCUT2D eigenvalue weighted by Gasteiger charge is -1.98. The third-order valence-electron chi connectivity index (χ3n) is 1.42. The van der Waals surface area contributed by atoms with Crippen LogP contribution in [0.25, 0.3) is 0 Å². The fraction of sp³-hybridized carbons (Fsp3) is 0.222. The minimum Gasteiger partial charge on any atom is -0.397 e. The van der Waals surface area contributed by atoms with Gasteiger partial charge in [-0.05, 0) is 18.4 Å². The predicted octanol–water partition coefficient (Wildman–Crippen LogP) is 1.08. The van der Waals surface area contributed by atoms with Gasteiger partial charge in [0, 0.05) is 0 Å². The number of rotatable bonds is 2. The molecule has 1 aromatic heterocycles. The van der Waals surface area contributed by atoms with E-state index in [-0.39, 0.29) is 5.91 Å². The summed E-state index contributed by atoms with van der Waals surface area (Å²) in [5.41, 5.74) is 6.08. The number of nitrogens with two attached hydrogens (primary N) is 1. The van der Waals surface area contributed by atoms with Crippen molar-refractivity contribution in [1.29, 1.82) is 0 Å². The summed E-state index contributed by atoms with van der Waals surface area (Å²) in [5, 5.41) is 4.43. The molecule has 4 heteroatoms. The predicted molar refractivity (Wildman–Crippen MR) is 54.5 cm³/mol. The van der Waals surface area contributed by atoms with Gasteiger partial charge in [0.15, 0.2) is 0 Å². The summed E-state index contributed by atoms with van der Waals surface area (Å²) in [6, 6.07) is 1.71. The molecule has 0 spiro atoms.